The lowest BCUT2D eigenvalue weighted by Gasteiger charge is -2.26. The van der Waals surface area contributed by atoms with Crippen LogP contribution in [0.5, 0.6) is 28.7 Å². The van der Waals surface area contributed by atoms with Crippen molar-refractivity contribution >= 4 is 23.1 Å². The van der Waals surface area contributed by atoms with Crippen molar-refractivity contribution in [1.29, 1.82) is 0 Å². The van der Waals surface area contributed by atoms with Gasteiger partial charge in [-0.3, -0.25) is 15.6 Å². The summed E-state index contributed by atoms with van der Waals surface area (Å²) in [5.41, 5.74) is 7.18. The van der Waals surface area contributed by atoms with E-state index in [0.29, 0.717) is 51.3 Å². The minimum atomic E-state index is -1.27. The number of hydrogen-bond donors (Lipinski definition) is 3. The number of likely N-dealkylation sites (N-methyl/N-ethyl adjacent to an activating group) is 1. The highest BCUT2D eigenvalue weighted by atomic mass is 19.1. The molecule has 0 spiro atoms. The van der Waals surface area contributed by atoms with Crippen LogP contribution in [0.3, 0.4) is 0 Å². The molecule has 48 heavy (non-hydrogen) atoms. The van der Waals surface area contributed by atoms with Crippen LogP contribution in [0.4, 0.5) is 10.1 Å². The molecule has 4 aromatic rings. The number of aliphatic hydroxyl groups is 1. The van der Waals surface area contributed by atoms with Crippen molar-refractivity contribution < 1.29 is 42.4 Å². The maximum atomic E-state index is 15.0. The van der Waals surface area contributed by atoms with Gasteiger partial charge in [0.15, 0.2) is 46.8 Å². The van der Waals surface area contributed by atoms with E-state index in [0.717, 1.165) is 0 Å². The van der Waals surface area contributed by atoms with E-state index in [2.05, 4.69) is 26.0 Å². The topological polar surface area (TPSA) is 162 Å². The quantitative estimate of drug-likeness (QED) is 0.138. The lowest BCUT2D eigenvalue weighted by atomic mass is 10.0. The van der Waals surface area contributed by atoms with Crippen molar-refractivity contribution in [1.82, 2.24) is 15.8 Å². The number of nitrogens with zero attached hydrogens (tertiary/aromatic N) is 4. The molecule has 1 aromatic heterocycles. The lowest BCUT2D eigenvalue weighted by Crippen LogP contribution is -2.39. The second-order valence-electron chi connectivity index (χ2n) is 10.1. The summed E-state index contributed by atoms with van der Waals surface area (Å²) in [5.74, 6) is 1.53. The summed E-state index contributed by atoms with van der Waals surface area (Å²) in [6.45, 7) is 1.32. The minimum absolute atomic E-state index is 0.0206. The van der Waals surface area contributed by atoms with Crippen LogP contribution in [-0.4, -0.2) is 69.3 Å². The van der Waals surface area contributed by atoms with Gasteiger partial charge in [-0.15, -0.1) is 0 Å². The second-order valence-corrected chi connectivity index (χ2v) is 10.1. The Morgan fingerprint density at radius 1 is 0.938 bits per heavy atom. The molecule has 1 unspecified atom stereocenters. The first-order valence-electron chi connectivity index (χ1n) is 14.3. The van der Waals surface area contributed by atoms with Crippen molar-refractivity contribution in [2.75, 3.05) is 40.4 Å². The molecular weight excluding hydrogens is 627 g/mol. The van der Waals surface area contributed by atoms with E-state index < -0.39 is 12.0 Å². The molecule has 1 aliphatic rings. The van der Waals surface area contributed by atoms with Gasteiger partial charge in [0.25, 0.3) is 0 Å². The highest BCUT2D eigenvalue weighted by Gasteiger charge is 2.24. The maximum Gasteiger partial charge on any atom is 0.209 e. The molecule has 15 heteroatoms. The van der Waals surface area contributed by atoms with Crippen LogP contribution in [0.2, 0.25) is 0 Å². The Bertz CT molecular complexity index is 1880. The van der Waals surface area contributed by atoms with Gasteiger partial charge in [0, 0.05) is 25.1 Å². The van der Waals surface area contributed by atoms with E-state index >= 15 is 4.39 Å². The Labute approximate surface area is 275 Å². The van der Waals surface area contributed by atoms with E-state index in [4.69, 9.17) is 28.1 Å². The fourth-order valence-corrected chi connectivity index (χ4v) is 4.82. The molecule has 0 aliphatic carbocycles. The molecule has 0 bridgehead atoms. The first-order valence-corrected chi connectivity index (χ1v) is 14.3. The number of aliphatic hydroxyl groups excluding tert-OH is 1. The Balaban J connectivity index is 1.38. The number of amidine groups is 2. The normalized spacial score (nSPS) is 13.1. The molecule has 250 valence electrons. The molecule has 0 amide bonds. The number of hydrazone groups is 2. The number of hydrogen-bond acceptors (Lipinski definition) is 14. The van der Waals surface area contributed by atoms with Crippen LogP contribution >= 0.6 is 0 Å². The number of ketones is 1. The van der Waals surface area contributed by atoms with Gasteiger partial charge in [0.2, 0.25) is 11.6 Å². The third-order valence-electron chi connectivity index (χ3n) is 7.26. The summed E-state index contributed by atoms with van der Waals surface area (Å²) >= 11 is 0. The number of benzene rings is 3. The van der Waals surface area contributed by atoms with E-state index in [1.165, 1.54) is 71.1 Å². The van der Waals surface area contributed by atoms with Crippen LogP contribution in [0.15, 0.2) is 81.9 Å². The summed E-state index contributed by atoms with van der Waals surface area (Å²) in [5, 5.41) is 18.9. The van der Waals surface area contributed by atoms with Crippen molar-refractivity contribution in [3.63, 3.8) is 0 Å². The average molecular weight is 661 g/mol. The van der Waals surface area contributed by atoms with E-state index in [-0.39, 0.29) is 28.7 Å². The number of anilines is 1. The van der Waals surface area contributed by atoms with Gasteiger partial charge in [-0.1, -0.05) is 6.07 Å². The summed E-state index contributed by atoms with van der Waals surface area (Å²) in [6, 6.07) is 13.0. The zero-order valence-corrected chi connectivity index (χ0v) is 26.9. The Kier molecular flexibility index (Phi) is 10.1. The Morgan fingerprint density at radius 3 is 2.27 bits per heavy atom. The Morgan fingerprint density at radius 2 is 1.65 bits per heavy atom. The van der Waals surface area contributed by atoms with Crippen molar-refractivity contribution in [3.05, 3.63) is 78.6 Å². The third kappa shape index (κ3) is 6.71. The third-order valence-corrected chi connectivity index (χ3v) is 7.26. The molecule has 5 rings (SSSR count). The predicted molar refractivity (Wildman–Crippen MR) is 175 cm³/mol. The maximum absolute atomic E-state index is 15.0. The molecule has 2 heterocycles. The van der Waals surface area contributed by atoms with Crippen LogP contribution in [-0.2, 0) is 4.79 Å². The Hall–Kier alpha value is -6.09. The highest BCUT2D eigenvalue weighted by molar-refractivity contribution is 6.38. The van der Waals surface area contributed by atoms with Gasteiger partial charge >= 0.3 is 0 Å². The number of aromatic nitrogens is 1. The van der Waals surface area contributed by atoms with Crippen molar-refractivity contribution in [3.8, 4) is 51.3 Å². The number of oxazole rings is 1. The number of Topliss-reactive ketones (excluding diaryl/α,β-unsaturated/α-hetero) is 1. The van der Waals surface area contributed by atoms with Gasteiger partial charge in [0.1, 0.15) is 17.7 Å². The molecule has 14 nitrogen and oxygen atoms in total. The number of methoxy groups -OCH3 is 4. The zero-order chi connectivity index (χ0) is 34.4. The summed E-state index contributed by atoms with van der Waals surface area (Å²) in [4.78, 5) is 17.4. The van der Waals surface area contributed by atoms with E-state index in [1.54, 1.807) is 43.4 Å². The summed E-state index contributed by atoms with van der Waals surface area (Å²) in [7, 11) is 7.63. The van der Waals surface area contributed by atoms with E-state index in [9.17, 15) is 9.90 Å². The highest BCUT2D eigenvalue weighted by Crippen LogP contribution is 2.43. The molecule has 1 atom stereocenters. The number of rotatable bonds is 13. The molecule has 3 aromatic carbocycles. The minimum Gasteiger partial charge on any atom is -0.493 e. The number of carbonyl (C=O) groups excluding carboxylic acids is 1. The fraction of sp³-hybridized carbons (Fsp3) is 0.212. The van der Waals surface area contributed by atoms with Crippen LogP contribution in [0.1, 0.15) is 12.5 Å². The first-order chi connectivity index (χ1) is 23.2. The largest absolute Gasteiger partial charge is 0.493 e. The van der Waals surface area contributed by atoms with Gasteiger partial charge < -0.3 is 38.1 Å². The molecule has 0 saturated carbocycles. The van der Waals surface area contributed by atoms with Crippen molar-refractivity contribution in [2.45, 2.75) is 13.2 Å². The zero-order valence-electron chi connectivity index (χ0n) is 26.9. The van der Waals surface area contributed by atoms with Crippen LogP contribution in [0.25, 0.3) is 22.6 Å². The van der Waals surface area contributed by atoms with Crippen LogP contribution < -0.4 is 39.4 Å². The predicted octanol–water partition coefficient (Wildman–Crippen LogP) is 4.29. The first kappa shape index (κ1) is 33.3. The standard InChI is InChI=1S/C33H33FN6O8/c1-18(41)32-36-38-33(39-37-32)28-21(34)8-7-9-22(28)40(2)27(42)12-13-47-24-14-19(10-11-23(24)43-3)30-29(35-17-48-30)20-15-25(44-4)31(46-6)26(16-20)45-5/h7-17,27,42H,1-6H3,(H,36,37)(H,38,39)/b13-12+. The number of nitrogens with one attached hydrogen (secondary N) is 2. The van der Waals surface area contributed by atoms with E-state index in [1.807, 2.05) is 0 Å². The van der Waals surface area contributed by atoms with Gasteiger partial charge in [-0.25, -0.2) is 9.37 Å². The van der Waals surface area contributed by atoms with Gasteiger partial charge in [-0.2, -0.15) is 10.2 Å². The number of halogens is 1. The molecule has 0 fully saturated rings. The number of ether oxygens (including phenoxy) is 5. The second kappa shape index (κ2) is 14.6. The summed E-state index contributed by atoms with van der Waals surface area (Å²) in [6.07, 6.45) is 2.69. The molecule has 1 aliphatic heterocycles. The SMILES string of the molecule is COc1ccc(-c2ocnc2-c2cc(OC)c(OC)c(OC)c2)cc1O/C=C/C(O)N(C)c1cccc(F)c1C1=NNC(C(C)=O)=NN1. The molecule has 0 saturated heterocycles. The lowest BCUT2D eigenvalue weighted by molar-refractivity contribution is -0.111. The molecule has 0 radical (unpaired) electrons. The van der Waals surface area contributed by atoms with Crippen molar-refractivity contribution in [2.24, 2.45) is 10.2 Å². The number of carbonyl (C=O) groups is 1. The monoisotopic (exact) mass is 660 g/mol. The smallest absolute Gasteiger partial charge is 0.209 e. The van der Waals surface area contributed by atoms with Gasteiger partial charge in [-0.05, 0) is 48.5 Å². The molecule has 3 N–H and O–H groups in total. The average Bonchev–Trinajstić information content (AvgIpc) is 3.60. The van der Waals surface area contributed by atoms with Gasteiger partial charge in [0.05, 0.1) is 46.0 Å². The molecular formula is C33H33FN6O8. The fourth-order valence-electron chi connectivity index (χ4n) is 4.82. The van der Waals surface area contributed by atoms with Crippen LogP contribution in [0, 0.1) is 5.82 Å². The summed E-state index contributed by atoms with van der Waals surface area (Å²) < 4.78 is 48.6.